The maximum absolute atomic E-state index is 11.7. The number of carbonyl (C=O) groups excluding carboxylic acids is 1. The molecule has 0 bridgehead atoms. The monoisotopic (exact) mass is 316 g/mol. The highest BCUT2D eigenvalue weighted by molar-refractivity contribution is 8.13. The summed E-state index contributed by atoms with van der Waals surface area (Å²) in [4.78, 5) is 19.4. The first kappa shape index (κ1) is 14.4. The molecule has 0 amide bonds. The van der Waals surface area contributed by atoms with Crippen molar-refractivity contribution in [3.63, 3.8) is 0 Å². The fourth-order valence-corrected chi connectivity index (χ4v) is 2.68. The van der Waals surface area contributed by atoms with Crippen LogP contribution in [0.3, 0.4) is 0 Å². The van der Waals surface area contributed by atoms with Crippen molar-refractivity contribution in [3.05, 3.63) is 30.4 Å². The van der Waals surface area contributed by atoms with Gasteiger partial charge in [-0.05, 0) is 6.92 Å². The van der Waals surface area contributed by atoms with E-state index in [1.807, 2.05) is 0 Å². The molecule has 2 heterocycles. The van der Waals surface area contributed by atoms with Crippen molar-refractivity contribution < 1.29 is 17.9 Å². The van der Waals surface area contributed by atoms with Gasteiger partial charge in [-0.1, -0.05) is 0 Å². The molecular weight excluding hydrogens is 308 g/mol. The van der Waals surface area contributed by atoms with Gasteiger partial charge in [0.15, 0.2) is 10.8 Å². The smallest absolute Gasteiger partial charge is 0.342 e. The van der Waals surface area contributed by atoms with Crippen molar-refractivity contribution in [2.75, 3.05) is 6.61 Å². The van der Waals surface area contributed by atoms with Gasteiger partial charge >= 0.3 is 5.97 Å². The molecule has 0 aliphatic rings. The fourth-order valence-electron chi connectivity index (χ4n) is 1.48. The largest absolute Gasteiger partial charge is 0.462 e. The van der Waals surface area contributed by atoms with E-state index >= 15 is 0 Å². The Balaban J connectivity index is 2.64. The maximum Gasteiger partial charge on any atom is 0.342 e. The Bertz CT molecular complexity index is 729. The summed E-state index contributed by atoms with van der Waals surface area (Å²) in [6.07, 6.45) is 5.11. The molecule has 0 saturated heterocycles. The molecule has 0 radical (unpaired) electrons. The van der Waals surface area contributed by atoms with Gasteiger partial charge in [-0.25, -0.2) is 22.9 Å². The van der Waals surface area contributed by atoms with Crippen molar-refractivity contribution >= 4 is 25.7 Å². The molecule has 0 N–H and O–H groups in total. The van der Waals surface area contributed by atoms with Crippen LogP contribution < -0.4 is 0 Å². The van der Waals surface area contributed by atoms with Crippen molar-refractivity contribution in [2.24, 2.45) is 0 Å². The average molecular weight is 317 g/mol. The van der Waals surface area contributed by atoms with E-state index in [0.717, 1.165) is 10.9 Å². The summed E-state index contributed by atoms with van der Waals surface area (Å²) >= 11 is 0. The number of hydrogen-bond donors (Lipinski definition) is 0. The molecule has 20 heavy (non-hydrogen) atoms. The minimum absolute atomic E-state index is 0.0942. The van der Waals surface area contributed by atoms with Gasteiger partial charge in [0.1, 0.15) is 5.56 Å². The standard InChI is InChI=1S/C10H9ClN4O4S/c1-2-19-10(16)7-5-14-15(9(7)20(11,17)18)8-6-12-3-4-13-8/h3-6H,2H2,1H3. The summed E-state index contributed by atoms with van der Waals surface area (Å²) in [5.74, 6) is -0.718. The molecule has 0 aromatic carbocycles. The van der Waals surface area contributed by atoms with E-state index in [1.165, 1.54) is 18.6 Å². The summed E-state index contributed by atoms with van der Waals surface area (Å²) in [5, 5.41) is 3.30. The molecule has 0 atom stereocenters. The van der Waals surface area contributed by atoms with Gasteiger partial charge < -0.3 is 4.74 Å². The number of carbonyl (C=O) groups is 1. The molecule has 2 aromatic heterocycles. The molecule has 0 spiro atoms. The van der Waals surface area contributed by atoms with Crippen LogP contribution in [0.15, 0.2) is 29.8 Å². The SMILES string of the molecule is CCOC(=O)c1cnn(-c2cnccn2)c1S(=O)(=O)Cl. The third-order valence-electron chi connectivity index (χ3n) is 2.22. The predicted octanol–water partition coefficient (Wildman–Crippen LogP) is 0.766. The van der Waals surface area contributed by atoms with E-state index in [9.17, 15) is 13.2 Å². The number of ether oxygens (including phenoxy) is 1. The number of hydrogen-bond acceptors (Lipinski definition) is 7. The van der Waals surface area contributed by atoms with Crippen LogP contribution in [0.4, 0.5) is 0 Å². The Morgan fingerprint density at radius 3 is 2.70 bits per heavy atom. The predicted molar refractivity (Wildman–Crippen MR) is 68.1 cm³/mol. The molecule has 0 saturated carbocycles. The molecule has 0 aliphatic heterocycles. The Morgan fingerprint density at radius 1 is 1.40 bits per heavy atom. The summed E-state index contributed by atoms with van der Waals surface area (Å²) in [7, 11) is 1.13. The zero-order valence-corrected chi connectivity index (χ0v) is 11.8. The number of halogens is 1. The molecule has 2 rings (SSSR count). The Morgan fingerprint density at radius 2 is 2.15 bits per heavy atom. The Hall–Kier alpha value is -2.00. The quantitative estimate of drug-likeness (QED) is 0.606. The lowest BCUT2D eigenvalue weighted by molar-refractivity contribution is 0.0521. The Labute approximate surface area is 118 Å². The van der Waals surface area contributed by atoms with Crippen molar-refractivity contribution in [1.29, 1.82) is 0 Å². The first-order valence-corrected chi connectivity index (χ1v) is 7.72. The van der Waals surface area contributed by atoms with Crippen LogP contribution in [-0.4, -0.2) is 40.7 Å². The van der Waals surface area contributed by atoms with Crippen LogP contribution in [0.2, 0.25) is 0 Å². The number of nitrogens with zero attached hydrogens (tertiary/aromatic N) is 4. The van der Waals surface area contributed by atoms with E-state index in [4.69, 9.17) is 15.4 Å². The summed E-state index contributed by atoms with van der Waals surface area (Å²) < 4.78 is 29.0. The van der Waals surface area contributed by atoms with E-state index in [0.29, 0.717) is 0 Å². The summed E-state index contributed by atoms with van der Waals surface area (Å²) in [6.45, 7) is 1.69. The zero-order chi connectivity index (χ0) is 14.8. The first-order chi connectivity index (χ1) is 9.45. The van der Waals surface area contributed by atoms with Crippen LogP contribution >= 0.6 is 10.7 Å². The fraction of sp³-hybridized carbons (Fsp3) is 0.200. The highest BCUT2D eigenvalue weighted by Crippen LogP contribution is 2.23. The zero-order valence-electron chi connectivity index (χ0n) is 10.2. The normalized spacial score (nSPS) is 11.3. The summed E-state index contributed by atoms with van der Waals surface area (Å²) in [5.41, 5.74) is -0.257. The van der Waals surface area contributed by atoms with Gasteiger partial charge in [0.25, 0.3) is 9.05 Å². The van der Waals surface area contributed by atoms with E-state index in [2.05, 4.69) is 15.1 Å². The van der Waals surface area contributed by atoms with Gasteiger partial charge in [0.05, 0.1) is 19.0 Å². The highest BCUT2D eigenvalue weighted by Gasteiger charge is 2.29. The lowest BCUT2D eigenvalue weighted by Crippen LogP contribution is -2.12. The minimum Gasteiger partial charge on any atom is -0.462 e. The first-order valence-electron chi connectivity index (χ1n) is 5.41. The Kier molecular flexibility index (Phi) is 4.00. The topological polar surface area (TPSA) is 104 Å². The summed E-state index contributed by atoms with van der Waals surface area (Å²) in [6, 6.07) is 0. The molecule has 8 nitrogen and oxygen atoms in total. The second-order valence-corrected chi connectivity index (χ2v) is 5.98. The lowest BCUT2D eigenvalue weighted by atomic mass is 10.4. The highest BCUT2D eigenvalue weighted by atomic mass is 35.7. The second-order valence-electron chi connectivity index (χ2n) is 3.50. The molecule has 0 fully saturated rings. The third-order valence-corrected chi connectivity index (χ3v) is 3.51. The van der Waals surface area contributed by atoms with Crippen LogP contribution in [0.5, 0.6) is 0 Å². The molecule has 0 unspecified atom stereocenters. The van der Waals surface area contributed by atoms with Crippen LogP contribution in [0.1, 0.15) is 17.3 Å². The third kappa shape index (κ3) is 2.78. The van der Waals surface area contributed by atoms with Gasteiger partial charge in [-0.3, -0.25) is 4.98 Å². The van der Waals surface area contributed by atoms with E-state index < -0.39 is 20.0 Å². The molecule has 106 valence electrons. The van der Waals surface area contributed by atoms with Crippen LogP contribution in [-0.2, 0) is 13.8 Å². The van der Waals surface area contributed by atoms with E-state index in [1.54, 1.807) is 6.92 Å². The van der Waals surface area contributed by atoms with E-state index in [-0.39, 0.29) is 18.0 Å². The molecular formula is C10H9ClN4O4S. The number of aromatic nitrogens is 4. The number of rotatable bonds is 4. The minimum atomic E-state index is -4.23. The molecule has 10 heteroatoms. The van der Waals surface area contributed by atoms with Gasteiger partial charge in [0, 0.05) is 23.1 Å². The van der Waals surface area contributed by atoms with Gasteiger partial charge in [-0.15, -0.1) is 0 Å². The number of esters is 1. The molecule has 2 aromatic rings. The van der Waals surface area contributed by atoms with Crippen molar-refractivity contribution in [1.82, 2.24) is 19.7 Å². The van der Waals surface area contributed by atoms with Gasteiger partial charge in [-0.2, -0.15) is 5.10 Å². The molecule has 0 aliphatic carbocycles. The van der Waals surface area contributed by atoms with Crippen LogP contribution in [0, 0.1) is 0 Å². The average Bonchev–Trinajstić information content (AvgIpc) is 2.84. The maximum atomic E-state index is 11.7. The van der Waals surface area contributed by atoms with Crippen molar-refractivity contribution in [2.45, 2.75) is 11.9 Å². The van der Waals surface area contributed by atoms with Crippen LogP contribution in [0.25, 0.3) is 5.82 Å². The second kappa shape index (κ2) is 5.55. The lowest BCUT2D eigenvalue weighted by Gasteiger charge is -2.05. The van der Waals surface area contributed by atoms with Crippen molar-refractivity contribution in [3.8, 4) is 5.82 Å². The van der Waals surface area contributed by atoms with Gasteiger partial charge in [0.2, 0.25) is 0 Å².